The number of carbonyl (C=O) groups excluding carboxylic acids is 3. The molecule has 7 nitrogen and oxygen atoms in total. The lowest BCUT2D eigenvalue weighted by atomic mass is 9.88. The first-order chi connectivity index (χ1) is 13.3. The van der Waals surface area contributed by atoms with E-state index in [4.69, 9.17) is 4.74 Å². The molecule has 2 atom stereocenters. The van der Waals surface area contributed by atoms with Crippen molar-refractivity contribution < 1.29 is 19.1 Å². The summed E-state index contributed by atoms with van der Waals surface area (Å²) in [6.45, 7) is 5.50. The van der Waals surface area contributed by atoms with E-state index in [9.17, 15) is 14.4 Å². The molecule has 2 aliphatic rings. The first-order valence-corrected chi connectivity index (χ1v) is 10.1. The Morgan fingerprint density at radius 2 is 1.89 bits per heavy atom. The topological polar surface area (TPSA) is 96.5 Å². The molecule has 1 aliphatic carbocycles. The van der Waals surface area contributed by atoms with Crippen molar-refractivity contribution in [3.8, 4) is 5.75 Å². The van der Waals surface area contributed by atoms with Gasteiger partial charge in [-0.15, -0.1) is 0 Å². The second-order valence-electron chi connectivity index (χ2n) is 8.01. The van der Waals surface area contributed by atoms with Crippen molar-refractivity contribution >= 4 is 29.1 Å². The van der Waals surface area contributed by atoms with Crippen LogP contribution in [0.15, 0.2) is 18.2 Å². The van der Waals surface area contributed by atoms with Crippen LogP contribution in [0.3, 0.4) is 0 Å². The van der Waals surface area contributed by atoms with Crippen LogP contribution < -0.4 is 20.7 Å². The van der Waals surface area contributed by atoms with Gasteiger partial charge < -0.3 is 20.7 Å². The molecular weight excluding hydrogens is 358 g/mol. The van der Waals surface area contributed by atoms with Gasteiger partial charge in [-0.25, -0.2) is 0 Å². The number of anilines is 2. The zero-order valence-corrected chi connectivity index (χ0v) is 16.7. The summed E-state index contributed by atoms with van der Waals surface area (Å²) in [7, 11) is 0. The van der Waals surface area contributed by atoms with Crippen LogP contribution in [0.5, 0.6) is 5.75 Å². The van der Waals surface area contributed by atoms with Gasteiger partial charge >= 0.3 is 0 Å². The van der Waals surface area contributed by atoms with Crippen molar-refractivity contribution in [3.63, 3.8) is 0 Å². The SMILES string of the molecule is CC(C)[C@@H](NC(=O)C1CCCCC1)C(=O)Nc1ccc2c(c1)NC(=O)[C@H](C)O2. The van der Waals surface area contributed by atoms with Gasteiger partial charge in [-0.05, 0) is 43.9 Å². The monoisotopic (exact) mass is 387 g/mol. The molecule has 3 rings (SSSR count). The number of ether oxygens (including phenoxy) is 1. The van der Waals surface area contributed by atoms with E-state index < -0.39 is 12.1 Å². The van der Waals surface area contributed by atoms with Crippen LogP contribution in [0.4, 0.5) is 11.4 Å². The Balaban J connectivity index is 1.66. The lowest BCUT2D eigenvalue weighted by molar-refractivity contribution is -0.130. The highest BCUT2D eigenvalue weighted by molar-refractivity contribution is 6.00. The third-order valence-electron chi connectivity index (χ3n) is 5.40. The fourth-order valence-corrected chi connectivity index (χ4v) is 3.68. The van der Waals surface area contributed by atoms with Crippen LogP contribution in [0.25, 0.3) is 0 Å². The molecular formula is C21H29N3O4. The Morgan fingerprint density at radius 1 is 1.18 bits per heavy atom. The second-order valence-corrected chi connectivity index (χ2v) is 8.01. The van der Waals surface area contributed by atoms with E-state index in [1.807, 2.05) is 13.8 Å². The van der Waals surface area contributed by atoms with Crippen molar-refractivity contribution in [2.75, 3.05) is 10.6 Å². The van der Waals surface area contributed by atoms with Gasteiger partial charge in [0.15, 0.2) is 6.10 Å². The minimum Gasteiger partial charge on any atom is -0.479 e. The maximum Gasteiger partial charge on any atom is 0.265 e. The summed E-state index contributed by atoms with van der Waals surface area (Å²) in [6.07, 6.45) is 4.54. The molecule has 1 aromatic carbocycles. The van der Waals surface area contributed by atoms with Gasteiger partial charge in [0.1, 0.15) is 11.8 Å². The average molecular weight is 387 g/mol. The van der Waals surface area contributed by atoms with Gasteiger partial charge in [0.05, 0.1) is 5.69 Å². The maximum absolute atomic E-state index is 12.8. The van der Waals surface area contributed by atoms with Gasteiger partial charge in [-0.1, -0.05) is 33.1 Å². The third kappa shape index (κ3) is 4.64. The molecule has 0 spiro atoms. The van der Waals surface area contributed by atoms with Crippen LogP contribution in [0, 0.1) is 11.8 Å². The van der Waals surface area contributed by atoms with Gasteiger partial charge in [-0.3, -0.25) is 14.4 Å². The van der Waals surface area contributed by atoms with Crippen LogP contribution >= 0.6 is 0 Å². The number of benzene rings is 1. The fourth-order valence-electron chi connectivity index (χ4n) is 3.68. The molecule has 1 aliphatic heterocycles. The van der Waals surface area contributed by atoms with Crippen molar-refractivity contribution in [1.29, 1.82) is 0 Å². The van der Waals surface area contributed by atoms with Gasteiger partial charge in [0.25, 0.3) is 5.91 Å². The number of fused-ring (bicyclic) bond motifs is 1. The van der Waals surface area contributed by atoms with E-state index in [1.165, 1.54) is 6.42 Å². The smallest absolute Gasteiger partial charge is 0.265 e. The minimum absolute atomic E-state index is 0.000829. The number of hydrogen-bond acceptors (Lipinski definition) is 4. The molecule has 7 heteroatoms. The predicted octanol–water partition coefficient (Wildman–Crippen LogP) is 3.07. The molecule has 0 radical (unpaired) electrons. The molecule has 152 valence electrons. The summed E-state index contributed by atoms with van der Waals surface area (Å²) >= 11 is 0. The summed E-state index contributed by atoms with van der Waals surface area (Å²) in [4.78, 5) is 37.2. The van der Waals surface area contributed by atoms with Crippen molar-refractivity contribution in [1.82, 2.24) is 5.32 Å². The molecule has 1 fully saturated rings. The Morgan fingerprint density at radius 3 is 2.57 bits per heavy atom. The van der Waals surface area contributed by atoms with Crippen LogP contribution in [0.1, 0.15) is 52.9 Å². The summed E-state index contributed by atoms with van der Waals surface area (Å²) in [5.74, 6) is -0.00832. The van der Waals surface area contributed by atoms with Crippen molar-refractivity contribution in [3.05, 3.63) is 18.2 Å². The molecule has 3 N–H and O–H groups in total. The Kier molecular flexibility index (Phi) is 6.21. The second kappa shape index (κ2) is 8.63. The minimum atomic E-state index is -0.615. The summed E-state index contributed by atoms with van der Waals surface area (Å²) in [5, 5.41) is 8.55. The lowest BCUT2D eigenvalue weighted by Crippen LogP contribution is -2.49. The van der Waals surface area contributed by atoms with Gasteiger partial charge in [-0.2, -0.15) is 0 Å². The van der Waals surface area contributed by atoms with Crippen LogP contribution in [0.2, 0.25) is 0 Å². The maximum atomic E-state index is 12.8. The fraction of sp³-hybridized carbons (Fsp3) is 0.571. The van der Waals surface area contributed by atoms with Gasteiger partial charge in [0.2, 0.25) is 11.8 Å². The lowest BCUT2D eigenvalue weighted by Gasteiger charge is -2.27. The Labute approximate surface area is 165 Å². The zero-order chi connectivity index (χ0) is 20.3. The van der Waals surface area contributed by atoms with Crippen molar-refractivity contribution in [2.45, 2.75) is 65.0 Å². The average Bonchev–Trinajstić information content (AvgIpc) is 2.67. The largest absolute Gasteiger partial charge is 0.479 e. The quantitative estimate of drug-likeness (QED) is 0.723. The van der Waals surface area contributed by atoms with Gasteiger partial charge in [0, 0.05) is 11.6 Å². The number of hydrogen-bond donors (Lipinski definition) is 3. The molecule has 0 aromatic heterocycles. The van der Waals surface area contributed by atoms with Crippen LogP contribution in [-0.4, -0.2) is 29.9 Å². The van der Waals surface area contributed by atoms with E-state index in [1.54, 1.807) is 25.1 Å². The summed E-state index contributed by atoms with van der Waals surface area (Å²) < 4.78 is 5.53. The van der Waals surface area contributed by atoms with Crippen LogP contribution in [-0.2, 0) is 14.4 Å². The van der Waals surface area contributed by atoms with Crippen molar-refractivity contribution in [2.24, 2.45) is 11.8 Å². The predicted molar refractivity (Wildman–Crippen MR) is 107 cm³/mol. The Hall–Kier alpha value is -2.57. The molecule has 0 bridgehead atoms. The summed E-state index contributed by atoms with van der Waals surface area (Å²) in [5.41, 5.74) is 1.06. The Bertz CT molecular complexity index is 756. The third-order valence-corrected chi connectivity index (χ3v) is 5.40. The molecule has 0 saturated heterocycles. The van der Waals surface area contributed by atoms with E-state index in [-0.39, 0.29) is 29.6 Å². The summed E-state index contributed by atoms with van der Waals surface area (Å²) in [6, 6.07) is 4.49. The molecule has 3 amide bonds. The normalized spacial score (nSPS) is 20.6. The number of amides is 3. The first kappa shape index (κ1) is 20.2. The molecule has 28 heavy (non-hydrogen) atoms. The highest BCUT2D eigenvalue weighted by Crippen LogP contribution is 2.32. The molecule has 1 aromatic rings. The first-order valence-electron chi connectivity index (χ1n) is 10.1. The molecule has 1 saturated carbocycles. The number of rotatable bonds is 5. The van der Waals surface area contributed by atoms with E-state index >= 15 is 0 Å². The zero-order valence-electron chi connectivity index (χ0n) is 16.7. The molecule has 0 unspecified atom stereocenters. The highest BCUT2D eigenvalue weighted by Gasteiger charge is 2.29. The van der Waals surface area contributed by atoms with E-state index in [0.29, 0.717) is 17.1 Å². The molecule has 1 heterocycles. The number of carbonyl (C=O) groups is 3. The van der Waals surface area contributed by atoms with E-state index in [2.05, 4.69) is 16.0 Å². The van der Waals surface area contributed by atoms with E-state index in [0.717, 1.165) is 25.7 Å². The standard InChI is InChI=1S/C21H29N3O4/c1-12(2)18(24-20(26)14-7-5-4-6-8-14)21(27)22-15-9-10-17-16(11-15)23-19(25)13(3)28-17/h9-14,18H,4-8H2,1-3H3,(H,22,27)(H,23,25)(H,24,26)/t13-,18+/m0/s1. The highest BCUT2D eigenvalue weighted by atomic mass is 16.5. The number of nitrogens with one attached hydrogen (secondary N) is 3.